The van der Waals surface area contributed by atoms with Crippen LogP contribution in [-0.2, 0) is 10.0 Å². The van der Waals surface area contributed by atoms with Crippen LogP contribution in [0.2, 0.25) is 0 Å². The van der Waals surface area contributed by atoms with Crippen molar-refractivity contribution in [1.29, 1.82) is 0 Å². The number of hydrogen-bond acceptors (Lipinski definition) is 3. The number of sulfonamides is 1. The number of H-pyrrole nitrogens is 1. The largest absolute Gasteiger partial charge is 0.351 e. The molecular formula is C18H19N3O3S. The Kier molecular flexibility index (Phi) is 3.97. The molecule has 3 aromatic rings. The standard InChI is InChI=1S/C18H19N3O3S/c22-18(19-8-10-21-9-3-11-25(21,23)24)17-12-15-14-5-2-1-4-13(14)6-7-16(15)20-17/h1-2,4-7,12,20H,3,8-11H2,(H,19,22). The molecule has 0 spiro atoms. The van der Waals surface area contributed by atoms with E-state index in [1.54, 1.807) is 0 Å². The summed E-state index contributed by atoms with van der Waals surface area (Å²) in [6.45, 7) is 1.15. The van der Waals surface area contributed by atoms with Crippen LogP contribution >= 0.6 is 0 Å². The number of nitrogens with zero attached hydrogens (tertiary/aromatic N) is 1. The molecule has 0 saturated carbocycles. The van der Waals surface area contributed by atoms with E-state index in [1.165, 1.54) is 4.31 Å². The lowest BCUT2D eigenvalue weighted by molar-refractivity contribution is 0.0947. The van der Waals surface area contributed by atoms with Crippen molar-refractivity contribution >= 4 is 37.6 Å². The van der Waals surface area contributed by atoms with Crippen LogP contribution in [-0.4, -0.2) is 49.0 Å². The Hall–Kier alpha value is -2.38. The number of carbonyl (C=O) groups excluding carboxylic acids is 1. The monoisotopic (exact) mass is 357 g/mol. The maximum Gasteiger partial charge on any atom is 0.267 e. The highest BCUT2D eigenvalue weighted by molar-refractivity contribution is 7.89. The molecule has 1 amide bonds. The molecule has 0 unspecified atom stereocenters. The summed E-state index contributed by atoms with van der Waals surface area (Å²) in [5.74, 6) is -0.0207. The van der Waals surface area contributed by atoms with Crippen LogP contribution in [0.5, 0.6) is 0 Å². The first-order valence-corrected chi connectivity index (χ1v) is 9.92. The molecule has 7 heteroatoms. The topological polar surface area (TPSA) is 82.3 Å². The molecule has 1 aromatic heterocycles. The van der Waals surface area contributed by atoms with Crippen molar-refractivity contribution < 1.29 is 13.2 Å². The molecule has 2 heterocycles. The number of aromatic amines is 1. The number of rotatable bonds is 4. The Morgan fingerprint density at radius 2 is 2.00 bits per heavy atom. The maximum atomic E-state index is 12.4. The van der Waals surface area contributed by atoms with Crippen LogP contribution in [0.15, 0.2) is 42.5 Å². The van der Waals surface area contributed by atoms with Gasteiger partial charge in [-0.1, -0.05) is 30.3 Å². The lowest BCUT2D eigenvalue weighted by atomic mass is 10.1. The average Bonchev–Trinajstić information content (AvgIpc) is 3.18. The van der Waals surface area contributed by atoms with Gasteiger partial charge in [0.25, 0.3) is 5.91 Å². The third kappa shape index (κ3) is 3.01. The lowest BCUT2D eigenvalue weighted by Gasteiger charge is -2.14. The Bertz CT molecular complexity index is 1060. The Labute approximate surface area is 145 Å². The molecule has 1 fully saturated rings. The summed E-state index contributed by atoms with van der Waals surface area (Å²) in [4.78, 5) is 15.5. The zero-order valence-electron chi connectivity index (χ0n) is 13.7. The SMILES string of the molecule is O=C(NCCN1CCCS1(=O)=O)c1cc2c(ccc3ccccc32)[nH]1. The Balaban J connectivity index is 1.49. The smallest absolute Gasteiger partial charge is 0.267 e. The van der Waals surface area contributed by atoms with Gasteiger partial charge in [0.2, 0.25) is 10.0 Å². The van der Waals surface area contributed by atoms with Gasteiger partial charge in [0.1, 0.15) is 5.69 Å². The molecular weight excluding hydrogens is 338 g/mol. The molecule has 0 radical (unpaired) electrons. The normalized spacial score (nSPS) is 17.3. The molecule has 130 valence electrons. The fraction of sp³-hybridized carbons (Fsp3) is 0.278. The first-order valence-electron chi connectivity index (χ1n) is 8.31. The number of aromatic nitrogens is 1. The van der Waals surface area contributed by atoms with Crippen molar-refractivity contribution in [3.8, 4) is 0 Å². The second-order valence-corrected chi connectivity index (χ2v) is 8.34. The highest BCUT2D eigenvalue weighted by Gasteiger charge is 2.27. The summed E-state index contributed by atoms with van der Waals surface area (Å²) in [6.07, 6.45) is 0.658. The van der Waals surface area contributed by atoms with Crippen LogP contribution in [0.25, 0.3) is 21.7 Å². The summed E-state index contributed by atoms with van der Waals surface area (Å²) < 4.78 is 24.9. The lowest BCUT2D eigenvalue weighted by Crippen LogP contribution is -2.35. The maximum absolute atomic E-state index is 12.4. The van der Waals surface area contributed by atoms with Gasteiger partial charge < -0.3 is 10.3 Å². The zero-order chi connectivity index (χ0) is 17.4. The molecule has 6 nitrogen and oxygen atoms in total. The number of nitrogens with one attached hydrogen (secondary N) is 2. The highest BCUT2D eigenvalue weighted by Crippen LogP contribution is 2.25. The minimum atomic E-state index is -3.12. The van der Waals surface area contributed by atoms with Crippen LogP contribution in [0, 0.1) is 0 Å². The third-order valence-corrected chi connectivity index (χ3v) is 6.58. The Morgan fingerprint density at radius 3 is 2.80 bits per heavy atom. The predicted octanol–water partition coefficient (Wildman–Crippen LogP) is 2.09. The molecule has 1 aliphatic heterocycles. The molecule has 0 bridgehead atoms. The van der Waals surface area contributed by atoms with Gasteiger partial charge >= 0.3 is 0 Å². The fourth-order valence-corrected chi connectivity index (χ4v) is 4.87. The van der Waals surface area contributed by atoms with Gasteiger partial charge in [-0.25, -0.2) is 12.7 Å². The van der Waals surface area contributed by atoms with E-state index in [9.17, 15) is 13.2 Å². The van der Waals surface area contributed by atoms with Crippen LogP contribution in [0.3, 0.4) is 0 Å². The van der Waals surface area contributed by atoms with Gasteiger partial charge in [0, 0.05) is 30.5 Å². The molecule has 0 atom stereocenters. The second-order valence-electron chi connectivity index (χ2n) is 6.26. The van der Waals surface area contributed by atoms with E-state index in [0.717, 1.165) is 21.7 Å². The van der Waals surface area contributed by atoms with Gasteiger partial charge in [-0.15, -0.1) is 0 Å². The molecule has 2 N–H and O–H groups in total. The number of benzene rings is 2. The van der Waals surface area contributed by atoms with Crippen LogP contribution < -0.4 is 5.32 Å². The summed E-state index contributed by atoms with van der Waals surface area (Å²) in [7, 11) is -3.12. The first-order chi connectivity index (χ1) is 12.0. The summed E-state index contributed by atoms with van der Waals surface area (Å²) in [6, 6.07) is 13.9. The fourth-order valence-electron chi connectivity index (χ4n) is 3.34. The van der Waals surface area contributed by atoms with Crippen LogP contribution in [0.1, 0.15) is 16.9 Å². The summed E-state index contributed by atoms with van der Waals surface area (Å²) in [5, 5.41) is 6.02. The van der Waals surface area contributed by atoms with E-state index in [4.69, 9.17) is 0 Å². The quantitative estimate of drug-likeness (QED) is 0.750. The zero-order valence-corrected chi connectivity index (χ0v) is 14.5. The van der Waals surface area contributed by atoms with Crippen molar-refractivity contribution in [3.05, 3.63) is 48.2 Å². The molecule has 2 aromatic carbocycles. The molecule has 4 rings (SSSR count). The molecule has 1 aliphatic rings. The van der Waals surface area contributed by atoms with Crippen molar-refractivity contribution in [2.45, 2.75) is 6.42 Å². The van der Waals surface area contributed by atoms with Crippen molar-refractivity contribution in [2.75, 3.05) is 25.4 Å². The average molecular weight is 357 g/mol. The van der Waals surface area contributed by atoms with Gasteiger partial charge in [-0.05, 0) is 29.3 Å². The van der Waals surface area contributed by atoms with Crippen molar-refractivity contribution in [1.82, 2.24) is 14.6 Å². The van der Waals surface area contributed by atoms with Crippen LogP contribution in [0.4, 0.5) is 0 Å². The predicted molar refractivity (Wildman–Crippen MR) is 98.1 cm³/mol. The van der Waals surface area contributed by atoms with E-state index in [0.29, 0.717) is 31.7 Å². The molecule has 25 heavy (non-hydrogen) atoms. The number of hydrogen-bond donors (Lipinski definition) is 2. The molecule has 0 aliphatic carbocycles. The first kappa shape index (κ1) is 16.1. The third-order valence-electron chi connectivity index (χ3n) is 4.62. The van der Waals surface area contributed by atoms with E-state index >= 15 is 0 Å². The minimum absolute atomic E-state index is 0.204. The van der Waals surface area contributed by atoms with Crippen molar-refractivity contribution in [2.24, 2.45) is 0 Å². The van der Waals surface area contributed by atoms with E-state index in [1.807, 2.05) is 42.5 Å². The van der Waals surface area contributed by atoms with Crippen molar-refractivity contribution in [3.63, 3.8) is 0 Å². The second kappa shape index (κ2) is 6.16. The van der Waals surface area contributed by atoms with E-state index < -0.39 is 10.0 Å². The number of amides is 1. The van der Waals surface area contributed by atoms with Gasteiger partial charge in [-0.2, -0.15) is 0 Å². The van der Waals surface area contributed by atoms with E-state index in [-0.39, 0.29) is 11.7 Å². The molecule has 1 saturated heterocycles. The summed E-state index contributed by atoms with van der Waals surface area (Å²) in [5.41, 5.74) is 1.39. The van der Waals surface area contributed by atoms with Gasteiger partial charge in [0.15, 0.2) is 0 Å². The van der Waals surface area contributed by atoms with Gasteiger partial charge in [-0.3, -0.25) is 4.79 Å². The number of fused-ring (bicyclic) bond motifs is 3. The number of carbonyl (C=O) groups is 1. The van der Waals surface area contributed by atoms with Gasteiger partial charge in [0.05, 0.1) is 5.75 Å². The Morgan fingerprint density at radius 1 is 1.16 bits per heavy atom. The summed E-state index contributed by atoms with van der Waals surface area (Å²) >= 11 is 0. The van der Waals surface area contributed by atoms with E-state index in [2.05, 4.69) is 10.3 Å². The highest BCUT2D eigenvalue weighted by atomic mass is 32.2. The minimum Gasteiger partial charge on any atom is -0.351 e.